The topological polar surface area (TPSA) is 120 Å². The van der Waals surface area contributed by atoms with Crippen LogP contribution in [0.5, 0.6) is 11.5 Å². The number of nitrogens with one attached hydrogen (secondary N) is 1. The van der Waals surface area contributed by atoms with Gasteiger partial charge < -0.3 is 24.4 Å². The Kier molecular flexibility index (Phi) is 6.33. The second kappa shape index (κ2) is 8.76. The van der Waals surface area contributed by atoms with Gasteiger partial charge in [-0.3, -0.25) is 14.9 Å². The van der Waals surface area contributed by atoms with E-state index in [4.69, 9.17) is 14.2 Å². The van der Waals surface area contributed by atoms with Gasteiger partial charge in [0.1, 0.15) is 24.4 Å². The Morgan fingerprint density at radius 1 is 1.20 bits per heavy atom. The number of nitro groups is 1. The summed E-state index contributed by atoms with van der Waals surface area (Å²) in [6, 6.07) is 2.64. The number of likely N-dealkylation sites (tertiary alicyclic amines) is 1. The van der Waals surface area contributed by atoms with E-state index >= 15 is 0 Å². The van der Waals surface area contributed by atoms with E-state index in [1.54, 1.807) is 25.7 Å². The SMILES string of the molecule is CC(C)(C)OC(=O)NCC1CCN(C(=O)c2cc3c(cc2[N+](=O)[O-])OCCO3)CC1. The van der Waals surface area contributed by atoms with Crippen LogP contribution in [-0.4, -0.2) is 60.3 Å². The minimum absolute atomic E-state index is 0.00502. The number of carbonyl (C=O) groups is 2. The van der Waals surface area contributed by atoms with E-state index in [2.05, 4.69) is 5.32 Å². The highest BCUT2D eigenvalue weighted by Crippen LogP contribution is 2.37. The van der Waals surface area contributed by atoms with E-state index in [1.165, 1.54) is 12.1 Å². The average molecular weight is 421 g/mol. The molecule has 10 heteroatoms. The summed E-state index contributed by atoms with van der Waals surface area (Å²) in [4.78, 5) is 37.3. The number of carbonyl (C=O) groups excluding carboxylic acids is 2. The Labute approximate surface area is 174 Å². The Balaban J connectivity index is 1.60. The molecule has 2 heterocycles. The summed E-state index contributed by atoms with van der Waals surface area (Å²) in [7, 11) is 0. The molecule has 0 radical (unpaired) electrons. The number of rotatable bonds is 4. The van der Waals surface area contributed by atoms with Crippen LogP contribution in [0.25, 0.3) is 0 Å². The van der Waals surface area contributed by atoms with E-state index in [-0.39, 0.29) is 22.9 Å². The molecule has 1 aromatic carbocycles. The lowest BCUT2D eigenvalue weighted by atomic mass is 9.96. The zero-order valence-electron chi connectivity index (χ0n) is 17.4. The monoisotopic (exact) mass is 421 g/mol. The lowest BCUT2D eigenvalue weighted by molar-refractivity contribution is -0.385. The molecule has 0 aliphatic carbocycles. The smallest absolute Gasteiger partial charge is 0.407 e. The average Bonchev–Trinajstić information content (AvgIpc) is 2.70. The first-order valence-corrected chi connectivity index (χ1v) is 9.98. The van der Waals surface area contributed by atoms with Gasteiger partial charge in [0, 0.05) is 25.7 Å². The van der Waals surface area contributed by atoms with Crippen LogP contribution < -0.4 is 14.8 Å². The van der Waals surface area contributed by atoms with Gasteiger partial charge in [-0.15, -0.1) is 0 Å². The van der Waals surface area contributed by atoms with Crippen molar-refractivity contribution in [1.82, 2.24) is 10.2 Å². The first-order chi connectivity index (χ1) is 14.1. The maximum absolute atomic E-state index is 13.0. The fraction of sp³-hybridized carbons (Fsp3) is 0.600. The zero-order valence-corrected chi connectivity index (χ0v) is 17.4. The van der Waals surface area contributed by atoms with Crippen LogP contribution in [0.15, 0.2) is 12.1 Å². The summed E-state index contributed by atoms with van der Waals surface area (Å²) in [6.07, 6.45) is 0.896. The summed E-state index contributed by atoms with van der Waals surface area (Å²) in [5.41, 5.74) is -0.856. The third-order valence-electron chi connectivity index (χ3n) is 4.92. The van der Waals surface area contributed by atoms with E-state index < -0.39 is 22.5 Å². The maximum atomic E-state index is 13.0. The van der Waals surface area contributed by atoms with Crippen molar-refractivity contribution in [2.45, 2.75) is 39.2 Å². The van der Waals surface area contributed by atoms with E-state index in [1.807, 2.05) is 0 Å². The molecule has 10 nitrogen and oxygen atoms in total. The summed E-state index contributed by atoms with van der Waals surface area (Å²) in [5, 5.41) is 14.2. The molecule has 164 valence electrons. The number of hydrogen-bond acceptors (Lipinski definition) is 7. The predicted molar refractivity (Wildman–Crippen MR) is 107 cm³/mol. The van der Waals surface area contributed by atoms with Crippen molar-refractivity contribution in [1.29, 1.82) is 0 Å². The van der Waals surface area contributed by atoms with E-state index in [0.717, 1.165) is 0 Å². The van der Waals surface area contributed by atoms with Gasteiger partial charge in [0.25, 0.3) is 11.6 Å². The molecule has 2 aliphatic rings. The largest absolute Gasteiger partial charge is 0.486 e. The molecule has 3 rings (SSSR count). The van der Waals surface area contributed by atoms with Crippen molar-refractivity contribution in [2.75, 3.05) is 32.8 Å². The molecule has 0 spiro atoms. The van der Waals surface area contributed by atoms with Crippen molar-refractivity contribution >= 4 is 17.7 Å². The molecule has 2 amide bonds. The van der Waals surface area contributed by atoms with Crippen LogP contribution in [0.3, 0.4) is 0 Å². The van der Waals surface area contributed by atoms with Crippen molar-refractivity contribution in [3.8, 4) is 11.5 Å². The minimum Gasteiger partial charge on any atom is -0.486 e. The fourth-order valence-electron chi connectivity index (χ4n) is 3.45. The van der Waals surface area contributed by atoms with Gasteiger partial charge in [-0.25, -0.2) is 4.79 Å². The van der Waals surface area contributed by atoms with Gasteiger partial charge in [0.05, 0.1) is 11.0 Å². The highest BCUT2D eigenvalue weighted by Gasteiger charge is 2.31. The Morgan fingerprint density at radius 2 is 1.80 bits per heavy atom. The van der Waals surface area contributed by atoms with Gasteiger partial charge in [0.15, 0.2) is 11.5 Å². The van der Waals surface area contributed by atoms with Crippen molar-refractivity contribution in [2.24, 2.45) is 5.92 Å². The van der Waals surface area contributed by atoms with Crippen LogP contribution in [0.1, 0.15) is 44.0 Å². The van der Waals surface area contributed by atoms with Crippen molar-refractivity contribution in [3.05, 3.63) is 27.8 Å². The molecule has 30 heavy (non-hydrogen) atoms. The molecular formula is C20H27N3O7. The lowest BCUT2D eigenvalue weighted by Gasteiger charge is -2.32. The van der Waals surface area contributed by atoms with Crippen molar-refractivity contribution < 1.29 is 28.7 Å². The number of fused-ring (bicyclic) bond motifs is 1. The highest BCUT2D eigenvalue weighted by molar-refractivity contribution is 5.99. The maximum Gasteiger partial charge on any atom is 0.407 e. The summed E-state index contributed by atoms with van der Waals surface area (Å²) in [6.45, 7) is 7.39. The van der Waals surface area contributed by atoms with Crippen LogP contribution in [-0.2, 0) is 4.74 Å². The van der Waals surface area contributed by atoms with Gasteiger partial charge in [-0.1, -0.05) is 0 Å². The van der Waals surface area contributed by atoms with Gasteiger partial charge in [0.2, 0.25) is 0 Å². The minimum atomic E-state index is -0.580. The Morgan fingerprint density at radius 3 is 2.37 bits per heavy atom. The molecule has 0 aromatic heterocycles. The van der Waals surface area contributed by atoms with Crippen LogP contribution in [0.2, 0.25) is 0 Å². The van der Waals surface area contributed by atoms with Crippen LogP contribution in [0, 0.1) is 16.0 Å². The quantitative estimate of drug-likeness (QED) is 0.586. The van der Waals surface area contributed by atoms with Crippen LogP contribution >= 0.6 is 0 Å². The number of nitro benzene ring substituents is 1. The van der Waals surface area contributed by atoms with Gasteiger partial charge >= 0.3 is 6.09 Å². The number of hydrogen-bond donors (Lipinski definition) is 1. The summed E-state index contributed by atoms with van der Waals surface area (Å²) in [5.74, 6) is 0.414. The van der Waals surface area contributed by atoms with Gasteiger partial charge in [-0.2, -0.15) is 0 Å². The number of benzene rings is 1. The number of ether oxygens (including phenoxy) is 3. The molecule has 1 fully saturated rings. The van der Waals surface area contributed by atoms with Crippen molar-refractivity contribution in [3.63, 3.8) is 0 Å². The molecule has 2 aliphatic heterocycles. The third kappa shape index (κ3) is 5.31. The number of amides is 2. The third-order valence-corrected chi connectivity index (χ3v) is 4.92. The second-order valence-corrected chi connectivity index (χ2v) is 8.39. The lowest BCUT2D eigenvalue weighted by Crippen LogP contribution is -2.42. The molecule has 1 saturated heterocycles. The van der Waals surface area contributed by atoms with E-state index in [9.17, 15) is 19.7 Å². The summed E-state index contributed by atoms with van der Waals surface area (Å²) < 4.78 is 16.1. The van der Waals surface area contributed by atoms with Gasteiger partial charge in [-0.05, 0) is 39.5 Å². The Bertz CT molecular complexity index is 826. The zero-order chi connectivity index (χ0) is 21.9. The van der Waals surface area contributed by atoms with E-state index in [0.29, 0.717) is 51.4 Å². The number of alkyl carbamates (subject to hydrolysis) is 1. The summed E-state index contributed by atoms with van der Waals surface area (Å²) >= 11 is 0. The predicted octanol–water partition coefficient (Wildman–Crippen LogP) is 2.74. The molecule has 0 bridgehead atoms. The molecule has 0 atom stereocenters. The molecular weight excluding hydrogens is 394 g/mol. The molecule has 1 N–H and O–H groups in total. The second-order valence-electron chi connectivity index (χ2n) is 8.39. The fourth-order valence-corrected chi connectivity index (χ4v) is 3.45. The molecule has 0 unspecified atom stereocenters. The first-order valence-electron chi connectivity index (χ1n) is 9.98. The molecule has 0 saturated carbocycles. The number of nitrogens with zero attached hydrogens (tertiary/aromatic N) is 2. The number of piperidine rings is 1. The normalized spacial score (nSPS) is 16.7. The standard InChI is InChI=1S/C20H27N3O7/c1-20(2,3)30-19(25)21-12-13-4-6-22(7-5-13)18(24)14-10-16-17(29-9-8-28-16)11-15(14)23(26)27/h10-11,13H,4-9,12H2,1-3H3,(H,21,25). The molecule has 1 aromatic rings. The van der Waals surface area contributed by atoms with Crippen LogP contribution in [0.4, 0.5) is 10.5 Å². The highest BCUT2D eigenvalue weighted by atomic mass is 16.6. The first kappa shape index (κ1) is 21.7. The Hall–Kier alpha value is -3.04.